The van der Waals surface area contributed by atoms with Crippen LogP contribution < -0.4 is 4.74 Å². The van der Waals surface area contributed by atoms with Crippen LogP contribution in [0, 0.1) is 18.3 Å². The molecule has 96 valence electrons. The summed E-state index contributed by atoms with van der Waals surface area (Å²) in [6.45, 7) is 2.44. The molecule has 2 rings (SSSR count). The second-order valence-corrected chi connectivity index (χ2v) is 5.44. The van der Waals surface area contributed by atoms with Crippen molar-refractivity contribution in [3.05, 3.63) is 62.6 Å². The van der Waals surface area contributed by atoms with Gasteiger partial charge in [0, 0.05) is 5.02 Å². The van der Waals surface area contributed by atoms with Crippen LogP contribution in [-0.2, 0) is 6.61 Å². The average molecular weight is 337 g/mol. The molecule has 0 heterocycles. The molecule has 0 N–H and O–H groups in total. The van der Waals surface area contributed by atoms with Crippen LogP contribution in [0.25, 0.3) is 0 Å². The first-order chi connectivity index (χ1) is 9.10. The topological polar surface area (TPSA) is 33.0 Å². The van der Waals surface area contributed by atoms with Gasteiger partial charge in [0.25, 0.3) is 0 Å². The molecule has 0 radical (unpaired) electrons. The van der Waals surface area contributed by atoms with Gasteiger partial charge in [0.2, 0.25) is 0 Å². The Morgan fingerprint density at radius 3 is 2.79 bits per heavy atom. The van der Waals surface area contributed by atoms with E-state index in [9.17, 15) is 0 Å². The van der Waals surface area contributed by atoms with Crippen LogP contribution in [0.15, 0.2) is 40.9 Å². The molecule has 0 atom stereocenters. The van der Waals surface area contributed by atoms with Gasteiger partial charge in [0.05, 0.1) is 10.0 Å². The first-order valence-electron chi connectivity index (χ1n) is 5.67. The smallest absolute Gasteiger partial charge is 0.151 e. The Kier molecular flexibility index (Phi) is 4.47. The highest BCUT2D eigenvalue weighted by atomic mass is 79.9. The van der Waals surface area contributed by atoms with Crippen LogP contribution in [0.1, 0.15) is 16.7 Å². The second-order valence-electron chi connectivity index (χ2n) is 4.15. The first kappa shape index (κ1) is 13.9. The highest BCUT2D eigenvalue weighted by Gasteiger charge is 2.10. The zero-order valence-corrected chi connectivity index (χ0v) is 12.6. The summed E-state index contributed by atoms with van der Waals surface area (Å²) in [7, 11) is 0. The number of benzene rings is 2. The van der Waals surface area contributed by atoms with Crippen LogP contribution in [0.2, 0.25) is 5.02 Å². The van der Waals surface area contributed by atoms with Gasteiger partial charge in [-0.15, -0.1) is 0 Å². The molecule has 2 aromatic rings. The molecule has 0 unspecified atom stereocenters. The summed E-state index contributed by atoms with van der Waals surface area (Å²) >= 11 is 9.27. The van der Waals surface area contributed by atoms with E-state index < -0.39 is 0 Å². The van der Waals surface area contributed by atoms with Gasteiger partial charge in [-0.05, 0) is 40.5 Å². The monoisotopic (exact) mass is 335 g/mol. The molecule has 0 aromatic heterocycles. The zero-order chi connectivity index (χ0) is 13.8. The molecular weight excluding hydrogens is 326 g/mol. The van der Waals surface area contributed by atoms with E-state index >= 15 is 0 Å². The van der Waals surface area contributed by atoms with Gasteiger partial charge in [-0.3, -0.25) is 0 Å². The van der Waals surface area contributed by atoms with Crippen molar-refractivity contribution in [1.82, 2.24) is 0 Å². The van der Waals surface area contributed by atoms with Crippen LogP contribution in [0.5, 0.6) is 5.75 Å². The Morgan fingerprint density at radius 2 is 2.11 bits per heavy atom. The molecule has 0 amide bonds. The van der Waals surface area contributed by atoms with Gasteiger partial charge in [-0.1, -0.05) is 41.4 Å². The van der Waals surface area contributed by atoms with Crippen LogP contribution in [0.3, 0.4) is 0 Å². The zero-order valence-electron chi connectivity index (χ0n) is 10.3. The number of aryl methyl sites for hydroxylation is 1. The highest BCUT2D eigenvalue weighted by Crippen LogP contribution is 2.32. The summed E-state index contributed by atoms with van der Waals surface area (Å²) in [5.74, 6) is 0.522. The van der Waals surface area contributed by atoms with Crippen molar-refractivity contribution in [3.63, 3.8) is 0 Å². The lowest BCUT2D eigenvalue weighted by Crippen LogP contribution is -1.98. The number of nitrogens with zero attached hydrogens (tertiary/aromatic N) is 1. The van der Waals surface area contributed by atoms with Crippen molar-refractivity contribution in [2.75, 3.05) is 0 Å². The molecule has 19 heavy (non-hydrogen) atoms. The Labute approximate surface area is 125 Å². The van der Waals surface area contributed by atoms with Gasteiger partial charge >= 0.3 is 0 Å². The molecular formula is C15H11BrClNO. The van der Waals surface area contributed by atoms with E-state index in [1.165, 1.54) is 5.56 Å². The van der Waals surface area contributed by atoms with E-state index in [4.69, 9.17) is 21.6 Å². The van der Waals surface area contributed by atoms with E-state index in [0.29, 0.717) is 27.4 Å². The lowest BCUT2D eigenvalue weighted by molar-refractivity contribution is 0.303. The summed E-state index contributed by atoms with van der Waals surface area (Å²) < 4.78 is 6.41. The number of halogens is 2. The fraction of sp³-hybridized carbons (Fsp3) is 0.133. The molecule has 0 fully saturated rings. The summed E-state index contributed by atoms with van der Waals surface area (Å²) in [4.78, 5) is 0. The molecule has 0 aliphatic heterocycles. The molecule has 4 heteroatoms. The Morgan fingerprint density at radius 1 is 1.32 bits per heavy atom. The van der Waals surface area contributed by atoms with Crippen LogP contribution in [0.4, 0.5) is 0 Å². The van der Waals surface area contributed by atoms with Crippen LogP contribution in [-0.4, -0.2) is 0 Å². The maximum atomic E-state index is 9.10. The normalized spacial score (nSPS) is 10.0. The summed E-state index contributed by atoms with van der Waals surface area (Å²) in [6, 6.07) is 13.4. The standard InChI is InChI=1S/C15H11BrClNO/c1-10-3-2-4-11(5-10)9-19-15-12(8-18)6-13(17)7-14(15)16/h2-7H,9H2,1H3. The molecule has 0 spiro atoms. The minimum atomic E-state index is 0.413. The summed E-state index contributed by atoms with van der Waals surface area (Å²) in [5.41, 5.74) is 2.66. The van der Waals surface area contributed by atoms with Crippen molar-refractivity contribution >= 4 is 27.5 Å². The van der Waals surface area contributed by atoms with Gasteiger partial charge in [0.1, 0.15) is 12.7 Å². The van der Waals surface area contributed by atoms with Crippen molar-refractivity contribution in [3.8, 4) is 11.8 Å². The Bertz CT molecular complexity index is 649. The molecule has 0 aliphatic rings. The Hall–Kier alpha value is -1.50. The van der Waals surface area contributed by atoms with Crippen molar-refractivity contribution in [2.45, 2.75) is 13.5 Å². The quantitative estimate of drug-likeness (QED) is 0.801. The number of ether oxygens (including phenoxy) is 1. The summed E-state index contributed by atoms with van der Waals surface area (Å²) in [5, 5.41) is 9.61. The van der Waals surface area contributed by atoms with E-state index in [-0.39, 0.29) is 0 Å². The molecule has 0 bridgehead atoms. The van der Waals surface area contributed by atoms with E-state index in [2.05, 4.69) is 28.1 Å². The lowest BCUT2D eigenvalue weighted by atomic mass is 10.1. The van der Waals surface area contributed by atoms with Crippen molar-refractivity contribution < 1.29 is 4.74 Å². The summed E-state index contributed by atoms with van der Waals surface area (Å²) in [6.07, 6.45) is 0. The van der Waals surface area contributed by atoms with Gasteiger partial charge < -0.3 is 4.74 Å². The van der Waals surface area contributed by atoms with Crippen molar-refractivity contribution in [1.29, 1.82) is 5.26 Å². The maximum absolute atomic E-state index is 9.10. The van der Waals surface area contributed by atoms with Crippen LogP contribution >= 0.6 is 27.5 Å². The Balaban J connectivity index is 2.23. The third kappa shape index (κ3) is 3.50. The van der Waals surface area contributed by atoms with Gasteiger partial charge in [-0.25, -0.2) is 0 Å². The molecule has 0 saturated heterocycles. The third-order valence-electron chi connectivity index (χ3n) is 2.59. The number of nitriles is 1. The first-order valence-corrected chi connectivity index (χ1v) is 6.84. The highest BCUT2D eigenvalue weighted by molar-refractivity contribution is 9.10. The SMILES string of the molecule is Cc1cccc(COc2c(Br)cc(Cl)cc2C#N)c1. The fourth-order valence-electron chi connectivity index (χ4n) is 1.75. The van der Waals surface area contributed by atoms with Gasteiger partial charge in [-0.2, -0.15) is 5.26 Å². The lowest BCUT2D eigenvalue weighted by Gasteiger charge is -2.10. The van der Waals surface area contributed by atoms with Gasteiger partial charge in [0.15, 0.2) is 5.75 Å². The maximum Gasteiger partial charge on any atom is 0.151 e. The molecule has 2 nitrogen and oxygen atoms in total. The third-order valence-corrected chi connectivity index (χ3v) is 3.40. The van der Waals surface area contributed by atoms with E-state index in [0.717, 1.165) is 5.56 Å². The minimum absolute atomic E-state index is 0.413. The average Bonchev–Trinajstić information content (AvgIpc) is 2.37. The molecule has 0 saturated carbocycles. The van der Waals surface area contributed by atoms with Crippen molar-refractivity contribution in [2.24, 2.45) is 0 Å². The second kappa shape index (κ2) is 6.10. The predicted molar refractivity (Wildman–Crippen MR) is 79.4 cm³/mol. The molecule has 2 aromatic carbocycles. The largest absolute Gasteiger partial charge is 0.486 e. The number of rotatable bonds is 3. The van der Waals surface area contributed by atoms with E-state index in [1.807, 2.05) is 25.1 Å². The molecule has 0 aliphatic carbocycles. The predicted octanol–water partition coefficient (Wildman–Crippen LogP) is 4.86. The minimum Gasteiger partial charge on any atom is -0.486 e. The number of hydrogen-bond donors (Lipinski definition) is 0. The number of hydrogen-bond acceptors (Lipinski definition) is 2. The van der Waals surface area contributed by atoms with E-state index in [1.54, 1.807) is 12.1 Å². The fourth-order valence-corrected chi connectivity index (χ4v) is 2.67.